The van der Waals surface area contributed by atoms with Gasteiger partial charge in [-0.1, -0.05) is 53.5 Å². The van der Waals surface area contributed by atoms with Crippen LogP contribution in [-0.2, 0) is 0 Å². The number of anilines is 1. The maximum absolute atomic E-state index is 6.07. The van der Waals surface area contributed by atoms with Gasteiger partial charge in [-0.25, -0.2) is 0 Å². The Morgan fingerprint density at radius 3 is 2.68 bits per heavy atom. The zero-order valence-corrected chi connectivity index (χ0v) is 14.6. The summed E-state index contributed by atoms with van der Waals surface area (Å²) in [6, 6.07) is 13.2. The fraction of sp³-hybridized carbons (Fsp3) is 0.0588. The molecule has 4 rings (SSSR count). The van der Waals surface area contributed by atoms with Crippen LogP contribution in [0.2, 0.25) is 10.0 Å². The number of benzene rings is 2. The van der Waals surface area contributed by atoms with Crippen molar-refractivity contribution in [3.63, 3.8) is 0 Å². The van der Waals surface area contributed by atoms with Crippen molar-refractivity contribution < 1.29 is 0 Å². The molecule has 0 amide bonds. The van der Waals surface area contributed by atoms with Crippen LogP contribution in [0, 0.1) is 0 Å². The third-order valence-electron chi connectivity index (χ3n) is 3.83. The van der Waals surface area contributed by atoms with E-state index in [1.54, 1.807) is 23.0 Å². The minimum absolute atomic E-state index is 0.489. The minimum atomic E-state index is 0.489. The van der Waals surface area contributed by atoms with Gasteiger partial charge in [0, 0.05) is 10.8 Å². The molecule has 0 spiro atoms. The first-order chi connectivity index (χ1) is 12.1. The van der Waals surface area contributed by atoms with Crippen molar-refractivity contribution >= 4 is 51.2 Å². The van der Waals surface area contributed by atoms with Gasteiger partial charge < -0.3 is 0 Å². The molecular formula is C17H12Cl2N6. The van der Waals surface area contributed by atoms with Crippen LogP contribution in [0.25, 0.3) is 16.4 Å². The molecule has 2 heterocycles. The number of nitrogens with one attached hydrogen (secondary N) is 1. The highest BCUT2D eigenvalue weighted by atomic mass is 35.5. The molecule has 0 fully saturated rings. The number of aromatic nitrogens is 4. The van der Waals surface area contributed by atoms with Crippen LogP contribution < -0.4 is 5.43 Å². The molecule has 0 saturated heterocycles. The SMILES string of the molecule is CC(=NNc1nn2cnnc2c2ccccc12)c1ccc(Cl)c(Cl)c1. The van der Waals surface area contributed by atoms with Crippen molar-refractivity contribution in [2.24, 2.45) is 5.10 Å². The highest BCUT2D eigenvalue weighted by Gasteiger charge is 2.09. The Kier molecular flexibility index (Phi) is 3.99. The zero-order chi connectivity index (χ0) is 17.4. The Hall–Kier alpha value is -2.70. The molecule has 0 aliphatic rings. The molecule has 0 bridgehead atoms. The van der Waals surface area contributed by atoms with Crippen LogP contribution in [0.5, 0.6) is 0 Å². The topological polar surface area (TPSA) is 67.5 Å². The minimum Gasteiger partial charge on any atom is -0.259 e. The van der Waals surface area contributed by atoms with Crippen LogP contribution in [0.4, 0.5) is 5.82 Å². The second kappa shape index (κ2) is 6.31. The van der Waals surface area contributed by atoms with Crippen molar-refractivity contribution in [1.82, 2.24) is 19.8 Å². The van der Waals surface area contributed by atoms with E-state index in [4.69, 9.17) is 23.2 Å². The number of halogens is 2. The average Bonchev–Trinajstić information content (AvgIpc) is 3.10. The van der Waals surface area contributed by atoms with Gasteiger partial charge in [0.1, 0.15) is 6.33 Å². The number of hydrazone groups is 1. The Morgan fingerprint density at radius 2 is 1.88 bits per heavy atom. The van der Waals surface area contributed by atoms with E-state index in [9.17, 15) is 0 Å². The highest BCUT2D eigenvalue weighted by Crippen LogP contribution is 2.25. The molecule has 6 nitrogen and oxygen atoms in total. The lowest BCUT2D eigenvalue weighted by Gasteiger charge is -2.08. The van der Waals surface area contributed by atoms with E-state index in [2.05, 4.69) is 25.8 Å². The monoisotopic (exact) mass is 370 g/mol. The molecule has 1 N–H and O–H groups in total. The second-order valence-electron chi connectivity index (χ2n) is 5.43. The number of nitrogens with zero attached hydrogens (tertiary/aromatic N) is 5. The Morgan fingerprint density at radius 1 is 1.08 bits per heavy atom. The van der Waals surface area contributed by atoms with E-state index in [1.165, 1.54) is 0 Å². The van der Waals surface area contributed by atoms with Crippen molar-refractivity contribution in [3.8, 4) is 0 Å². The maximum Gasteiger partial charge on any atom is 0.185 e. The molecular weight excluding hydrogens is 359 g/mol. The molecule has 0 radical (unpaired) electrons. The van der Waals surface area contributed by atoms with Crippen LogP contribution in [-0.4, -0.2) is 25.5 Å². The van der Waals surface area contributed by atoms with E-state index < -0.39 is 0 Å². The van der Waals surface area contributed by atoms with Gasteiger partial charge in [-0.3, -0.25) is 5.43 Å². The van der Waals surface area contributed by atoms with Gasteiger partial charge in [-0.15, -0.1) is 15.3 Å². The van der Waals surface area contributed by atoms with Gasteiger partial charge in [-0.05, 0) is 24.6 Å². The number of hydrogen-bond acceptors (Lipinski definition) is 5. The van der Waals surface area contributed by atoms with Gasteiger partial charge in [0.05, 0.1) is 15.8 Å². The van der Waals surface area contributed by atoms with Gasteiger partial charge in [0.15, 0.2) is 11.5 Å². The van der Waals surface area contributed by atoms with Crippen molar-refractivity contribution in [2.75, 3.05) is 5.43 Å². The molecule has 0 aliphatic heterocycles. The summed E-state index contributed by atoms with van der Waals surface area (Å²) < 4.78 is 1.62. The Labute approximate surface area is 153 Å². The first kappa shape index (κ1) is 15.8. The van der Waals surface area contributed by atoms with E-state index in [0.29, 0.717) is 21.5 Å². The fourth-order valence-corrected chi connectivity index (χ4v) is 2.83. The van der Waals surface area contributed by atoms with Crippen molar-refractivity contribution in [3.05, 3.63) is 64.4 Å². The number of hydrogen-bond donors (Lipinski definition) is 1. The lowest BCUT2D eigenvalue weighted by molar-refractivity contribution is 0.934. The maximum atomic E-state index is 6.07. The molecule has 0 atom stereocenters. The van der Waals surface area contributed by atoms with Crippen LogP contribution >= 0.6 is 23.2 Å². The smallest absolute Gasteiger partial charge is 0.185 e. The van der Waals surface area contributed by atoms with Crippen LogP contribution in [0.15, 0.2) is 53.9 Å². The number of rotatable bonds is 3. The predicted molar refractivity (Wildman–Crippen MR) is 101 cm³/mol. The third-order valence-corrected chi connectivity index (χ3v) is 4.57. The normalized spacial score (nSPS) is 12.0. The summed E-state index contributed by atoms with van der Waals surface area (Å²) in [7, 11) is 0. The van der Waals surface area contributed by atoms with Gasteiger partial charge >= 0.3 is 0 Å². The summed E-state index contributed by atoms with van der Waals surface area (Å²) in [5.41, 5.74) is 5.36. The van der Waals surface area contributed by atoms with Crippen molar-refractivity contribution in [1.29, 1.82) is 0 Å². The van der Waals surface area contributed by atoms with Crippen LogP contribution in [0.3, 0.4) is 0 Å². The molecule has 124 valence electrons. The first-order valence-electron chi connectivity index (χ1n) is 7.48. The molecule has 0 aliphatic carbocycles. The summed E-state index contributed by atoms with van der Waals surface area (Å²) in [6.07, 6.45) is 1.56. The summed E-state index contributed by atoms with van der Waals surface area (Å²) in [5, 5.41) is 19.8. The average molecular weight is 371 g/mol. The van der Waals surface area contributed by atoms with Gasteiger partial charge in [0.25, 0.3) is 0 Å². The van der Waals surface area contributed by atoms with Crippen molar-refractivity contribution in [2.45, 2.75) is 6.92 Å². The van der Waals surface area contributed by atoms with Crippen LogP contribution in [0.1, 0.15) is 12.5 Å². The Bertz CT molecular complexity index is 1120. The standard InChI is InChI=1S/C17H12Cl2N6/c1-10(11-6-7-14(18)15(19)8-11)21-22-16-12-4-2-3-5-13(12)17-23-20-9-25(17)24-16/h2-9H,1H3,(H,22,24). The lowest BCUT2D eigenvalue weighted by atomic mass is 10.1. The second-order valence-corrected chi connectivity index (χ2v) is 6.25. The molecule has 0 saturated carbocycles. The Balaban J connectivity index is 1.75. The molecule has 4 aromatic rings. The van der Waals surface area contributed by atoms with E-state index >= 15 is 0 Å². The van der Waals surface area contributed by atoms with Gasteiger partial charge in [-0.2, -0.15) is 9.62 Å². The molecule has 25 heavy (non-hydrogen) atoms. The summed E-state index contributed by atoms with van der Waals surface area (Å²) >= 11 is 12.0. The third kappa shape index (κ3) is 2.90. The quantitative estimate of drug-likeness (QED) is 0.428. The molecule has 2 aromatic carbocycles. The number of fused-ring (bicyclic) bond motifs is 3. The summed E-state index contributed by atoms with van der Waals surface area (Å²) in [5.74, 6) is 0.613. The van der Waals surface area contributed by atoms with E-state index in [0.717, 1.165) is 22.0 Å². The first-order valence-corrected chi connectivity index (χ1v) is 8.23. The fourth-order valence-electron chi connectivity index (χ4n) is 2.53. The largest absolute Gasteiger partial charge is 0.259 e. The summed E-state index contributed by atoms with van der Waals surface area (Å²) in [4.78, 5) is 0. The van der Waals surface area contributed by atoms with Gasteiger partial charge in [0.2, 0.25) is 0 Å². The molecule has 8 heteroatoms. The highest BCUT2D eigenvalue weighted by molar-refractivity contribution is 6.42. The van der Waals surface area contributed by atoms with E-state index in [1.807, 2.05) is 37.3 Å². The predicted octanol–water partition coefficient (Wildman–Crippen LogP) is 4.42. The molecule has 0 unspecified atom stereocenters. The molecule has 2 aromatic heterocycles. The lowest BCUT2D eigenvalue weighted by Crippen LogP contribution is -2.04. The van der Waals surface area contributed by atoms with E-state index in [-0.39, 0.29) is 0 Å². The summed E-state index contributed by atoms with van der Waals surface area (Å²) in [6.45, 7) is 1.88. The zero-order valence-electron chi connectivity index (χ0n) is 13.1.